The number of hydrogen-bond donors (Lipinski definition) is 3. The van der Waals surface area contributed by atoms with Crippen LogP contribution in [0.4, 0.5) is 8.78 Å². The molecule has 0 fully saturated rings. The molecule has 7 heteroatoms. The molecule has 0 aromatic heterocycles. The monoisotopic (exact) mass is 405 g/mol. The summed E-state index contributed by atoms with van der Waals surface area (Å²) in [5, 5.41) is 23.9. The van der Waals surface area contributed by atoms with E-state index in [4.69, 9.17) is 9.47 Å². The average Bonchev–Trinajstić information content (AvgIpc) is 2.72. The summed E-state index contributed by atoms with van der Waals surface area (Å²) in [6, 6.07) is 8.79. The van der Waals surface area contributed by atoms with Crippen molar-refractivity contribution in [2.75, 3.05) is 13.1 Å². The van der Waals surface area contributed by atoms with Crippen LogP contribution in [0, 0.1) is 11.6 Å². The Kier molecular flexibility index (Phi) is 5.99. The Hall–Kier alpha value is -2.22. The second-order valence-electron chi connectivity index (χ2n) is 7.69. The van der Waals surface area contributed by atoms with Crippen LogP contribution in [0.25, 0.3) is 0 Å². The fraction of sp³-hybridized carbons (Fsp3) is 0.455. The first kappa shape index (κ1) is 20.1. The molecule has 2 aliphatic rings. The lowest BCUT2D eigenvalue weighted by atomic mass is 9.98. The van der Waals surface area contributed by atoms with E-state index in [0.717, 1.165) is 11.1 Å². The highest BCUT2D eigenvalue weighted by atomic mass is 19.1. The van der Waals surface area contributed by atoms with E-state index in [1.807, 2.05) is 0 Å². The highest BCUT2D eigenvalue weighted by Gasteiger charge is 2.29. The van der Waals surface area contributed by atoms with Crippen LogP contribution in [0.3, 0.4) is 0 Å². The minimum atomic E-state index is -0.753. The molecule has 0 saturated carbocycles. The van der Waals surface area contributed by atoms with Gasteiger partial charge in [-0.05, 0) is 73.2 Å². The third-order valence-corrected chi connectivity index (χ3v) is 5.56. The number of aryl methyl sites for hydroxylation is 2. The van der Waals surface area contributed by atoms with E-state index in [2.05, 4.69) is 5.32 Å². The summed E-state index contributed by atoms with van der Waals surface area (Å²) >= 11 is 0. The molecule has 0 saturated heterocycles. The summed E-state index contributed by atoms with van der Waals surface area (Å²) in [4.78, 5) is 0. The Labute approximate surface area is 168 Å². The molecule has 0 amide bonds. The molecule has 3 N–H and O–H groups in total. The molecule has 0 bridgehead atoms. The highest BCUT2D eigenvalue weighted by molar-refractivity contribution is 5.36. The average molecular weight is 405 g/mol. The summed E-state index contributed by atoms with van der Waals surface area (Å²) in [7, 11) is 0. The predicted molar refractivity (Wildman–Crippen MR) is 103 cm³/mol. The number of aliphatic hydroxyl groups is 2. The second-order valence-corrected chi connectivity index (χ2v) is 7.69. The summed E-state index contributed by atoms with van der Waals surface area (Å²) in [6.45, 7) is 0.513. The maximum atomic E-state index is 13.3. The third-order valence-electron chi connectivity index (χ3n) is 5.56. The first-order chi connectivity index (χ1) is 14.0. The molecule has 4 rings (SSSR count). The number of benzene rings is 2. The molecule has 2 heterocycles. The largest absolute Gasteiger partial charge is 0.487 e. The van der Waals surface area contributed by atoms with E-state index in [9.17, 15) is 19.0 Å². The number of aliphatic hydroxyl groups excluding tert-OH is 2. The van der Waals surface area contributed by atoms with Crippen molar-refractivity contribution < 1.29 is 28.5 Å². The van der Waals surface area contributed by atoms with E-state index < -0.39 is 12.2 Å². The van der Waals surface area contributed by atoms with E-state index in [0.29, 0.717) is 37.2 Å². The molecule has 2 unspecified atom stereocenters. The van der Waals surface area contributed by atoms with Gasteiger partial charge in [0.2, 0.25) is 0 Å². The molecule has 4 atom stereocenters. The Morgan fingerprint density at radius 1 is 0.828 bits per heavy atom. The van der Waals surface area contributed by atoms with Crippen molar-refractivity contribution in [3.63, 3.8) is 0 Å². The smallest absolute Gasteiger partial charge is 0.126 e. The standard InChI is InChI=1S/C22H25F2NO4/c23-15-3-7-19-13(9-15)1-5-21(28-19)17(26)11-25-12-18(27)22-6-2-14-10-16(24)4-8-20(14)29-22/h3-4,7-10,17-18,21-22,25-27H,1-2,5-6,11-12H2/t17-,18?,21?,22-/m0/s1. The van der Waals surface area contributed by atoms with Crippen molar-refractivity contribution in [1.82, 2.24) is 5.32 Å². The fourth-order valence-electron chi connectivity index (χ4n) is 3.94. The summed E-state index contributed by atoms with van der Waals surface area (Å²) in [6.07, 6.45) is 0.214. The first-order valence-corrected chi connectivity index (χ1v) is 9.96. The van der Waals surface area contributed by atoms with Crippen LogP contribution in [0.5, 0.6) is 11.5 Å². The number of fused-ring (bicyclic) bond motifs is 2. The first-order valence-electron chi connectivity index (χ1n) is 9.96. The van der Waals surface area contributed by atoms with Crippen LogP contribution in [-0.4, -0.2) is 47.7 Å². The van der Waals surface area contributed by atoms with Crippen LogP contribution in [-0.2, 0) is 12.8 Å². The van der Waals surface area contributed by atoms with Crippen LogP contribution < -0.4 is 14.8 Å². The van der Waals surface area contributed by atoms with E-state index in [1.54, 1.807) is 12.1 Å². The van der Waals surface area contributed by atoms with Crippen molar-refractivity contribution in [2.24, 2.45) is 0 Å². The van der Waals surface area contributed by atoms with Gasteiger partial charge in [0.25, 0.3) is 0 Å². The topological polar surface area (TPSA) is 71.0 Å². The Bertz CT molecular complexity index is 793. The number of ether oxygens (including phenoxy) is 2. The number of hydrogen-bond acceptors (Lipinski definition) is 5. The molecule has 5 nitrogen and oxygen atoms in total. The Morgan fingerprint density at radius 3 is 1.72 bits per heavy atom. The normalized spacial score (nSPS) is 22.6. The van der Waals surface area contributed by atoms with Gasteiger partial charge in [-0.1, -0.05) is 0 Å². The summed E-state index contributed by atoms with van der Waals surface area (Å²) in [5.74, 6) is 0.624. The van der Waals surface area contributed by atoms with Gasteiger partial charge < -0.3 is 25.0 Å². The maximum absolute atomic E-state index is 13.3. The van der Waals surface area contributed by atoms with Crippen molar-refractivity contribution in [3.05, 3.63) is 59.2 Å². The zero-order chi connectivity index (χ0) is 20.4. The fourth-order valence-corrected chi connectivity index (χ4v) is 3.94. The number of rotatable bonds is 6. The summed E-state index contributed by atoms with van der Waals surface area (Å²) in [5.41, 5.74) is 1.62. The molecule has 2 aromatic carbocycles. The molecule has 156 valence electrons. The molecule has 2 aliphatic heterocycles. The second kappa shape index (κ2) is 8.65. The zero-order valence-electron chi connectivity index (χ0n) is 16.0. The van der Waals surface area contributed by atoms with Gasteiger partial charge in [-0.3, -0.25) is 0 Å². The van der Waals surface area contributed by atoms with Gasteiger partial charge >= 0.3 is 0 Å². The van der Waals surface area contributed by atoms with Crippen molar-refractivity contribution in [2.45, 2.75) is 50.1 Å². The van der Waals surface area contributed by atoms with Gasteiger partial charge in [-0.25, -0.2) is 8.78 Å². The van der Waals surface area contributed by atoms with Gasteiger partial charge in [0.15, 0.2) is 0 Å². The van der Waals surface area contributed by atoms with E-state index >= 15 is 0 Å². The van der Waals surface area contributed by atoms with E-state index in [-0.39, 0.29) is 36.9 Å². The number of nitrogens with one attached hydrogen (secondary N) is 1. The van der Waals surface area contributed by atoms with Crippen LogP contribution in [0.1, 0.15) is 24.0 Å². The molecule has 2 aromatic rings. The minimum absolute atomic E-state index is 0.257. The van der Waals surface area contributed by atoms with Gasteiger partial charge in [0, 0.05) is 13.1 Å². The van der Waals surface area contributed by atoms with E-state index in [1.165, 1.54) is 24.3 Å². The van der Waals surface area contributed by atoms with Gasteiger partial charge in [0.05, 0.1) is 0 Å². The van der Waals surface area contributed by atoms with Crippen LogP contribution in [0.2, 0.25) is 0 Å². The minimum Gasteiger partial charge on any atom is -0.487 e. The summed E-state index contributed by atoms with van der Waals surface area (Å²) < 4.78 is 38.2. The zero-order valence-corrected chi connectivity index (χ0v) is 16.0. The number of halogens is 2. The van der Waals surface area contributed by atoms with Crippen molar-refractivity contribution >= 4 is 0 Å². The van der Waals surface area contributed by atoms with Crippen LogP contribution in [0.15, 0.2) is 36.4 Å². The third kappa shape index (κ3) is 4.69. The van der Waals surface area contributed by atoms with Crippen LogP contribution >= 0.6 is 0 Å². The molecule has 0 spiro atoms. The lowest BCUT2D eigenvalue weighted by Gasteiger charge is -2.31. The quantitative estimate of drug-likeness (QED) is 0.688. The van der Waals surface area contributed by atoms with Crippen molar-refractivity contribution in [1.29, 1.82) is 0 Å². The predicted octanol–water partition coefficient (Wildman–Crippen LogP) is 2.36. The highest BCUT2D eigenvalue weighted by Crippen LogP contribution is 2.30. The molecule has 0 radical (unpaired) electrons. The Balaban J connectivity index is 1.24. The van der Waals surface area contributed by atoms with Gasteiger partial charge in [-0.15, -0.1) is 0 Å². The Morgan fingerprint density at radius 2 is 1.28 bits per heavy atom. The van der Waals surface area contributed by atoms with Gasteiger partial charge in [0.1, 0.15) is 47.5 Å². The van der Waals surface area contributed by atoms with Crippen molar-refractivity contribution in [3.8, 4) is 11.5 Å². The lowest BCUT2D eigenvalue weighted by Crippen LogP contribution is -2.46. The molecule has 29 heavy (non-hydrogen) atoms. The SMILES string of the molecule is OC(CNC[C@H](O)C1CCc2cc(F)ccc2O1)[C@@H]1CCc2cc(F)ccc2O1. The molecule has 0 aliphatic carbocycles. The molecular formula is C22H25F2NO4. The molecular weight excluding hydrogens is 380 g/mol. The maximum Gasteiger partial charge on any atom is 0.126 e. The lowest BCUT2D eigenvalue weighted by molar-refractivity contribution is 0.00892. The van der Waals surface area contributed by atoms with Gasteiger partial charge in [-0.2, -0.15) is 0 Å².